The average Bonchev–Trinajstić information content (AvgIpc) is 2.95. The van der Waals surface area contributed by atoms with Crippen molar-refractivity contribution in [2.24, 2.45) is 0 Å². The van der Waals surface area contributed by atoms with Gasteiger partial charge in [0.15, 0.2) is 0 Å². The van der Waals surface area contributed by atoms with Crippen LogP contribution in [0.15, 0.2) is 47.4 Å². The monoisotopic (exact) mass is 329 g/mol. The van der Waals surface area contributed by atoms with Crippen molar-refractivity contribution in [3.05, 3.63) is 65.6 Å². The lowest BCUT2D eigenvalue weighted by Crippen LogP contribution is -2.22. The molecule has 0 radical (unpaired) electrons. The summed E-state index contributed by atoms with van der Waals surface area (Å²) in [7, 11) is 3.01. The zero-order valence-electron chi connectivity index (χ0n) is 14.4. The summed E-state index contributed by atoms with van der Waals surface area (Å²) >= 11 is 0. The van der Waals surface area contributed by atoms with Crippen LogP contribution in [0.5, 0.6) is 5.75 Å². The van der Waals surface area contributed by atoms with Crippen LogP contribution in [0.4, 0.5) is 0 Å². The molecule has 0 N–H and O–H groups in total. The molecular formula is C19H23NO4. The van der Waals surface area contributed by atoms with Crippen molar-refractivity contribution in [2.45, 2.75) is 20.0 Å². The summed E-state index contributed by atoms with van der Waals surface area (Å²) < 4.78 is 15.6. The molecule has 0 aliphatic rings. The third-order valence-corrected chi connectivity index (χ3v) is 3.71. The molecule has 5 nitrogen and oxygen atoms in total. The summed E-state index contributed by atoms with van der Waals surface area (Å²) in [6.07, 6.45) is 1.85. The van der Waals surface area contributed by atoms with E-state index < -0.39 is 0 Å². The number of nitrogens with zero attached hydrogens (tertiary/aromatic N) is 1. The largest absolute Gasteiger partial charge is 0.497 e. The third-order valence-electron chi connectivity index (χ3n) is 3.71. The minimum absolute atomic E-state index is 0.382. The number of rotatable bonds is 8. The van der Waals surface area contributed by atoms with Gasteiger partial charge in [0.1, 0.15) is 22.8 Å². The van der Waals surface area contributed by atoms with Gasteiger partial charge in [0, 0.05) is 13.1 Å². The first kappa shape index (κ1) is 17.8. The van der Waals surface area contributed by atoms with Crippen molar-refractivity contribution in [3.8, 4) is 5.75 Å². The maximum absolute atomic E-state index is 11.7. The second-order valence-corrected chi connectivity index (χ2v) is 5.48. The summed E-state index contributed by atoms with van der Waals surface area (Å²) in [5.41, 5.74) is 1.63. The van der Waals surface area contributed by atoms with Crippen LogP contribution in [-0.4, -0.2) is 31.6 Å². The van der Waals surface area contributed by atoms with Crippen LogP contribution in [0.25, 0.3) is 0 Å². The molecule has 0 unspecified atom stereocenters. The Bertz CT molecular complexity index is 688. The van der Waals surface area contributed by atoms with E-state index in [2.05, 4.69) is 11.5 Å². The number of benzene rings is 1. The molecule has 0 bridgehead atoms. The van der Waals surface area contributed by atoms with E-state index in [1.807, 2.05) is 30.3 Å². The van der Waals surface area contributed by atoms with Gasteiger partial charge >= 0.3 is 5.97 Å². The molecule has 1 aromatic heterocycles. The molecule has 24 heavy (non-hydrogen) atoms. The van der Waals surface area contributed by atoms with E-state index in [1.54, 1.807) is 20.1 Å². The number of furan rings is 1. The highest BCUT2D eigenvalue weighted by Crippen LogP contribution is 2.19. The number of aryl methyl sites for hydroxylation is 1. The topological polar surface area (TPSA) is 51.9 Å². The molecule has 2 aromatic rings. The Morgan fingerprint density at radius 2 is 1.96 bits per heavy atom. The van der Waals surface area contributed by atoms with Crippen molar-refractivity contribution in [3.63, 3.8) is 0 Å². The quantitative estimate of drug-likeness (QED) is 0.547. The lowest BCUT2D eigenvalue weighted by Gasteiger charge is -2.19. The Morgan fingerprint density at radius 3 is 2.54 bits per heavy atom. The molecule has 5 heteroatoms. The van der Waals surface area contributed by atoms with Gasteiger partial charge in [0.25, 0.3) is 0 Å². The number of carbonyl (C=O) groups excluding carboxylic acids is 1. The molecule has 2 rings (SSSR count). The fraction of sp³-hybridized carbons (Fsp3) is 0.316. The van der Waals surface area contributed by atoms with Crippen LogP contribution in [0.2, 0.25) is 0 Å². The Kier molecular flexibility index (Phi) is 6.21. The predicted octanol–water partition coefficient (Wildman–Crippen LogP) is 3.57. The van der Waals surface area contributed by atoms with Crippen LogP contribution in [0.3, 0.4) is 0 Å². The average molecular weight is 329 g/mol. The molecule has 0 saturated heterocycles. The predicted molar refractivity (Wildman–Crippen MR) is 92.1 cm³/mol. The lowest BCUT2D eigenvalue weighted by molar-refractivity contribution is 0.0599. The van der Waals surface area contributed by atoms with E-state index in [9.17, 15) is 4.79 Å². The minimum atomic E-state index is -0.382. The van der Waals surface area contributed by atoms with Gasteiger partial charge in [0.2, 0.25) is 0 Å². The molecule has 0 aliphatic heterocycles. The van der Waals surface area contributed by atoms with Crippen molar-refractivity contribution < 1.29 is 18.7 Å². The summed E-state index contributed by atoms with van der Waals surface area (Å²) in [5.74, 6) is 1.74. The van der Waals surface area contributed by atoms with E-state index >= 15 is 0 Å². The zero-order valence-corrected chi connectivity index (χ0v) is 14.4. The zero-order chi connectivity index (χ0) is 17.5. The van der Waals surface area contributed by atoms with Crippen LogP contribution >= 0.6 is 0 Å². The van der Waals surface area contributed by atoms with Gasteiger partial charge in [-0.15, -0.1) is 6.58 Å². The summed E-state index contributed by atoms with van der Waals surface area (Å²) in [4.78, 5) is 13.9. The van der Waals surface area contributed by atoms with Gasteiger partial charge < -0.3 is 13.9 Å². The highest BCUT2D eigenvalue weighted by atomic mass is 16.5. The second kappa shape index (κ2) is 8.36. The van der Waals surface area contributed by atoms with E-state index in [4.69, 9.17) is 13.9 Å². The summed E-state index contributed by atoms with van der Waals surface area (Å²) in [6.45, 7) is 7.60. The van der Waals surface area contributed by atoms with Gasteiger partial charge in [-0.1, -0.05) is 18.2 Å². The van der Waals surface area contributed by atoms with Crippen molar-refractivity contribution in [1.82, 2.24) is 4.90 Å². The number of methoxy groups -OCH3 is 2. The summed E-state index contributed by atoms with van der Waals surface area (Å²) in [5, 5.41) is 0. The van der Waals surface area contributed by atoms with Gasteiger partial charge in [-0.05, 0) is 30.7 Å². The van der Waals surface area contributed by atoms with Crippen LogP contribution in [-0.2, 0) is 17.8 Å². The van der Waals surface area contributed by atoms with E-state index in [1.165, 1.54) is 7.11 Å². The molecule has 0 saturated carbocycles. The van der Waals surface area contributed by atoms with Crippen molar-refractivity contribution >= 4 is 5.97 Å². The van der Waals surface area contributed by atoms with Crippen LogP contribution in [0.1, 0.15) is 27.4 Å². The maximum atomic E-state index is 11.7. The van der Waals surface area contributed by atoms with Gasteiger partial charge in [-0.25, -0.2) is 4.79 Å². The molecular weight excluding hydrogens is 306 g/mol. The standard InChI is InChI=1S/C19H23NO4/c1-5-10-20(12-15-6-8-16(22-3)9-7-15)13-17-11-18(14(2)24-17)19(21)23-4/h5-9,11H,1,10,12-13H2,2-4H3. The smallest absolute Gasteiger partial charge is 0.341 e. The maximum Gasteiger partial charge on any atom is 0.341 e. The first-order valence-electron chi connectivity index (χ1n) is 7.71. The fourth-order valence-electron chi connectivity index (χ4n) is 2.51. The Morgan fingerprint density at radius 1 is 1.25 bits per heavy atom. The lowest BCUT2D eigenvalue weighted by atomic mass is 10.2. The van der Waals surface area contributed by atoms with Gasteiger partial charge in [-0.3, -0.25) is 4.90 Å². The molecule has 0 spiro atoms. The molecule has 1 aromatic carbocycles. The number of esters is 1. The molecule has 128 valence electrons. The molecule has 1 heterocycles. The van der Waals surface area contributed by atoms with Crippen LogP contribution in [0, 0.1) is 6.92 Å². The fourth-order valence-corrected chi connectivity index (χ4v) is 2.51. The number of carbonyl (C=O) groups is 1. The minimum Gasteiger partial charge on any atom is -0.497 e. The van der Waals surface area contributed by atoms with Crippen molar-refractivity contribution in [2.75, 3.05) is 20.8 Å². The number of hydrogen-bond donors (Lipinski definition) is 0. The SMILES string of the molecule is C=CCN(Cc1ccc(OC)cc1)Cc1cc(C(=O)OC)c(C)o1. The molecule has 0 atom stereocenters. The first-order valence-corrected chi connectivity index (χ1v) is 7.71. The Balaban J connectivity index is 2.10. The van der Waals surface area contributed by atoms with Gasteiger partial charge in [0.05, 0.1) is 20.8 Å². The normalized spacial score (nSPS) is 10.7. The Labute approximate surface area is 142 Å². The summed E-state index contributed by atoms with van der Waals surface area (Å²) in [6, 6.07) is 9.68. The third kappa shape index (κ3) is 4.49. The molecule has 0 fully saturated rings. The van der Waals surface area contributed by atoms with Crippen molar-refractivity contribution in [1.29, 1.82) is 0 Å². The number of hydrogen-bond acceptors (Lipinski definition) is 5. The highest BCUT2D eigenvalue weighted by Gasteiger charge is 2.17. The van der Waals surface area contributed by atoms with Gasteiger partial charge in [-0.2, -0.15) is 0 Å². The Hall–Kier alpha value is -2.53. The van der Waals surface area contributed by atoms with E-state index in [0.717, 1.165) is 23.6 Å². The molecule has 0 amide bonds. The highest BCUT2D eigenvalue weighted by molar-refractivity contribution is 5.90. The van der Waals surface area contributed by atoms with Crippen LogP contribution < -0.4 is 4.74 Å². The van der Waals surface area contributed by atoms with E-state index in [0.29, 0.717) is 24.4 Å². The van der Waals surface area contributed by atoms with E-state index in [-0.39, 0.29) is 5.97 Å². The number of ether oxygens (including phenoxy) is 2. The first-order chi connectivity index (χ1) is 11.6. The second-order valence-electron chi connectivity index (χ2n) is 5.48. The molecule has 0 aliphatic carbocycles.